The first-order valence-corrected chi connectivity index (χ1v) is 9.50. The van der Waals surface area contributed by atoms with Gasteiger partial charge in [0.2, 0.25) is 5.91 Å². The van der Waals surface area contributed by atoms with Gasteiger partial charge in [-0.3, -0.25) is 4.79 Å². The van der Waals surface area contributed by atoms with Gasteiger partial charge in [-0.1, -0.05) is 12.1 Å². The molecule has 0 aromatic heterocycles. The number of likely N-dealkylation sites (N-methyl/N-ethyl adjacent to an activating group) is 1. The number of benzene rings is 1. The Morgan fingerprint density at radius 1 is 1.36 bits per heavy atom. The van der Waals surface area contributed by atoms with Crippen LogP contribution in [0.25, 0.3) is 0 Å². The highest BCUT2D eigenvalue weighted by Gasteiger charge is 2.33. The van der Waals surface area contributed by atoms with Crippen molar-refractivity contribution in [1.29, 1.82) is 0 Å². The topological polar surface area (TPSA) is 52.7 Å². The summed E-state index contributed by atoms with van der Waals surface area (Å²) < 4.78 is 13.1. The zero-order valence-corrected chi connectivity index (χ0v) is 16.0. The van der Waals surface area contributed by atoms with E-state index in [1.54, 1.807) is 21.9 Å². The standard InChI is InChI=1S/C18H26FN3O2S/c1-5-21(17(24)20-18(2,3)4)10-11-22-15(23)12-25-16(22)13-6-8-14(19)9-7-13/h6-9,16H,5,10-12H2,1-4H3,(H,20,24)/t16-/m1/s1. The molecule has 1 fully saturated rings. The summed E-state index contributed by atoms with van der Waals surface area (Å²) in [7, 11) is 0. The zero-order chi connectivity index (χ0) is 18.6. The minimum Gasteiger partial charge on any atom is -0.333 e. The molecule has 1 aromatic rings. The van der Waals surface area contributed by atoms with Crippen LogP contribution in [0.15, 0.2) is 24.3 Å². The maximum atomic E-state index is 13.1. The predicted octanol–water partition coefficient (Wildman–Crippen LogP) is 3.23. The third-order valence-corrected chi connectivity index (χ3v) is 5.14. The molecule has 1 aromatic carbocycles. The molecule has 0 aliphatic carbocycles. The van der Waals surface area contributed by atoms with E-state index in [1.165, 1.54) is 23.9 Å². The lowest BCUT2D eigenvalue weighted by Crippen LogP contribution is -2.50. The summed E-state index contributed by atoms with van der Waals surface area (Å²) in [6.45, 7) is 9.21. The minimum atomic E-state index is -0.305. The molecule has 1 saturated heterocycles. The second kappa shape index (κ2) is 8.08. The molecule has 1 aliphatic rings. The van der Waals surface area contributed by atoms with Crippen molar-refractivity contribution >= 4 is 23.7 Å². The Kier molecular flexibility index (Phi) is 6.32. The molecule has 0 saturated carbocycles. The average Bonchev–Trinajstić information content (AvgIpc) is 2.88. The summed E-state index contributed by atoms with van der Waals surface area (Å²) in [5.74, 6) is 0.162. The smallest absolute Gasteiger partial charge is 0.317 e. The summed E-state index contributed by atoms with van der Waals surface area (Å²) in [5.41, 5.74) is 0.597. The van der Waals surface area contributed by atoms with Crippen molar-refractivity contribution in [3.63, 3.8) is 0 Å². The highest BCUT2D eigenvalue weighted by molar-refractivity contribution is 8.00. The summed E-state index contributed by atoms with van der Waals surface area (Å²) in [4.78, 5) is 28.0. The fraction of sp³-hybridized carbons (Fsp3) is 0.556. The Balaban J connectivity index is 2.02. The van der Waals surface area contributed by atoms with Gasteiger partial charge in [0.15, 0.2) is 0 Å². The van der Waals surface area contributed by atoms with Gasteiger partial charge < -0.3 is 15.1 Å². The molecule has 2 rings (SSSR count). The number of carbonyl (C=O) groups excluding carboxylic acids is 2. The van der Waals surface area contributed by atoms with Crippen LogP contribution in [0.4, 0.5) is 9.18 Å². The number of amides is 3. The SMILES string of the molecule is CCN(CCN1C(=O)CS[C@@H]1c1ccc(F)cc1)C(=O)NC(C)(C)C. The Labute approximate surface area is 152 Å². The molecular weight excluding hydrogens is 341 g/mol. The van der Waals surface area contributed by atoms with Crippen LogP contribution < -0.4 is 5.32 Å². The molecular formula is C18H26FN3O2S. The number of thioether (sulfide) groups is 1. The van der Waals surface area contributed by atoms with E-state index >= 15 is 0 Å². The Morgan fingerprint density at radius 3 is 2.56 bits per heavy atom. The maximum absolute atomic E-state index is 13.1. The first-order chi connectivity index (χ1) is 11.7. The van der Waals surface area contributed by atoms with Crippen molar-refractivity contribution in [2.24, 2.45) is 0 Å². The van der Waals surface area contributed by atoms with Crippen LogP contribution >= 0.6 is 11.8 Å². The third-order valence-electron chi connectivity index (χ3n) is 3.88. The van der Waals surface area contributed by atoms with Crippen LogP contribution in [0.2, 0.25) is 0 Å². The van der Waals surface area contributed by atoms with Crippen molar-refractivity contribution in [1.82, 2.24) is 15.1 Å². The third kappa shape index (κ3) is 5.36. The van der Waals surface area contributed by atoms with E-state index in [9.17, 15) is 14.0 Å². The largest absolute Gasteiger partial charge is 0.333 e. The summed E-state index contributed by atoms with van der Waals surface area (Å²) in [5, 5.41) is 2.82. The van der Waals surface area contributed by atoms with Gasteiger partial charge in [-0.15, -0.1) is 11.8 Å². The Morgan fingerprint density at radius 2 is 2.00 bits per heavy atom. The number of urea groups is 1. The van der Waals surface area contributed by atoms with Crippen molar-refractivity contribution in [2.45, 2.75) is 38.6 Å². The molecule has 138 valence electrons. The quantitative estimate of drug-likeness (QED) is 0.869. The van der Waals surface area contributed by atoms with Crippen LogP contribution in [0.1, 0.15) is 38.6 Å². The lowest BCUT2D eigenvalue weighted by Gasteiger charge is -2.30. The van der Waals surface area contributed by atoms with Gasteiger partial charge in [-0.05, 0) is 45.4 Å². The van der Waals surface area contributed by atoms with Crippen LogP contribution in [-0.4, -0.2) is 52.7 Å². The summed E-state index contributed by atoms with van der Waals surface area (Å²) >= 11 is 1.53. The fourth-order valence-electron chi connectivity index (χ4n) is 2.63. The van der Waals surface area contributed by atoms with E-state index in [4.69, 9.17) is 0 Å². The van der Waals surface area contributed by atoms with E-state index in [-0.39, 0.29) is 28.7 Å². The number of hydrogen-bond donors (Lipinski definition) is 1. The van der Waals surface area contributed by atoms with Gasteiger partial charge >= 0.3 is 6.03 Å². The normalized spacial score (nSPS) is 17.7. The predicted molar refractivity (Wildman–Crippen MR) is 98.8 cm³/mol. The molecule has 1 N–H and O–H groups in total. The van der Waals surface area contributed by atoms with E-state index in [1.807, 2.05) is 27.7 Å². The molecule has 0 unspecified atom stereocenters. The zero-order valence-electron chi connectivity index (χ0n) is 15.2. The monoisotopic (exact) mass is 367 g/mol. The number of nitrogens with one attached hydrogen (secondary N) is 1. The van der Waals surface area contributed by atoms with E-state index in [0.29, 0.717) is 25.4 Å². The highest BCUT2D eigenvalue weighted by atomic mass is 32.2. The number of rotatable bonds is 5. The first kappa shape index (κ1) is 19.6. The molecule has 3 amide bonds. The number of hydrogen-bond acceptors (Lipinski definition) is 3. The maximum Gasteiger partial charge on any atom is 0.317 e. The Hall–Kier alpha value is -1.76. The van der Waals surface area contributed by atoms with Gasteiger partial charge in [-0.2, -0.15) is 0 Å². The molecule has 1 atom stereocenters. The van der Waals surface area contributed by atoms with E-state index in [0.717, 1.165) is 5.56 Å². The minimum absolute atomic E-state index is 0.0478. The lowest BCUT2D eigenvalue weighted by atomic mass is 10.1. The Bertz CT molecular complexity index is 616. The van der Waals surface area contributed by atoms with Crippen LogP contribution in [0.5, 0.6) is 0 Å². The highest BCUT2D eigenvalue weighted by Crippen LogP contribution is 2.38. The van der Waals surface area contributed by atoms with Crippen molar-refractivity contribution in [3.05, 3.63) is 35.6 Å². The van der Waals surface area contributed by atoms with Crippen molar-refractivity contribution in [2.75, 3.05) is 25.4 Å². The first-order valence-electron chi connectivity index (χ1n) is 8.45. The summed E-state index contributed by atoms with van der Waals surface area (Å²) in [6.07, 6.45) is 0. The van der Waals surface area contributed by atoms with E-state index in [2.05, 4.69) is 5.32 Å². The van der Waals surface area contributed by atoms with Crippen molar-refractivity contribution in [3.8, 4) is 0 Å². The second-order valence-electron chi connectivity index (χ2n) is 7.06. The van der Waals surface area contributed by atoms with Crippen molar-refractivity contribution < 1.29 is 14.0 Å². The second-order valence-corrected chi connectivity index (χ2v) is 8.13. The lowest BCUT2D eigenvalue weighted by molar-refractivity contribution is -0.128. The van der Waals surface area contributed by atoms with Crippen LogP contribution in [-0.2, 0) is 4.79 Å². The number of nitrogens with zero attached hydrogens (tertiary/aromatic N) is 2. The molecule has 1 heterocycles. The van der Waals surface area contributed by atoms with Crippen LogP contribution in [0, 0.1) is 5.82 Å². The molecule has 0 bridgehead atoms. The number of carbonyl (C=O) groups is 2. The molecule has 25 heavy (non-hydrogen) atoms. The van der Waals surface area contributed by atoms with Gasteiger partial charge in [0.1, 0.15) is 11.2 Å². The molecule has 5 nitrogen and oxygen atoms in total. The summed E-state index contributed by atoms with van der Waals surface area (Å²) in [6, 6.07) is 6.11. The van der Waals surface area contributed by atoms with Crippen LogP contribution in [0.3, 0.4) is 0 Å². The molecule has 1 aliphatic heterocycles. The molecule has 7 heteroatoms. The number of halogens is 1. The molecule has 0 spiro atoms. The average molecular weight is 367 g/mol. The molecule has 0 radical (unpaired) electrons. The van der Waals surface area contributed by atoms with Gasteiger partial charge in [0.25, 0.3) is 0 Å². The van der Waals surface area contributed by atoms with Gasteiger partial charge in [0.05, 0.1) is 5.75 Å². The van der Waals surface area contributed by atoms with Gasteiger partial charge in [-0.25, -0.2) is 9.18 Å². The fourth-order valence-corrected chi connectivity index (χ4v) is 3.85. The van der Waals surface area contributed by atoms with Gasteiger partial charge in [0, 0.05) is 25.2 Å². The van der Waals surface area contributed by atoms with E-state index < -0.39 is 0 Å².